The summed E-state index contributed by atoms with van der Waals surface area (Å²) in [5.74, 6) is -1.33. The molecular weight excluding hydrogens is 453 g/mol. The normalized spacial score (nSPS) is 14.5. The summed E-state index contributed by atoms with van der Waals surface area (Å²) in [6.07, 6.45) is 5.85. The number of aromatic amines is 1. The van der Waals surface area contributed by atoms with Crippen LogP contribution < -0.4 is 0 Å². The number of fused-ring (bicyclic) bond motifs is 1. The maximum Gasteiger partial charge on any atom is 0.328 e. The summed E-state index contributed by atoms with van der Waals surface area (Å²) >= 11 is 0. The van der Waals surface area contributed by atoms with Crippen LogP contribution in [0.3, 0.4) is 0 Å². The molecule has 0 bridgehead atoms. The number of aromatic nitrogens is 2. The fraction of sp³-hybridized carbons (Fsp3) is 0.167. The molecule has 1 saturated carbocycles. The van der Waals surface area contributed by atoms with Crippen LogP contribution >= 0.6 is 0 Å². The second kappa shape index (κ2) is 9.63. The Kier molecular flexibility index (Phi) is 6.22. The van der Waals surface area contributed by atoms with Crippen LogP contribution in [0.4, 0.5) is 4.39 Å². The van der Waals surface area contributed by atoms with Crippen molar-refractivity contribution in [1.82, 2.24) is 10.2 Å². The van der Waals surface area contributed by atoms with Crippen LogP contribution in [-0.4, -0.2) is 21.3 Å². The Labute approximate surface area is 208 Å². The van der Waals surface area contributed by atoms with E-state index in [0.29, 0.717) is 17.0 Å². The van der Waals surface area contributed by atoms with Gasteiger partial charge in [0.25, 0.3) is 0 Å². The summed E-state index contributed by atoms with van der Waals surface area (Å²) in [5, 5.41) is 25.7. The maximum absolute atomic E-state index is 14.7. The third-order valence-corrected chi connectivity index (χ3v) is 6.89. The lowest BCUT2D eigenvalue weighted by Gasteiger charge is -2.32. The zero-order chi connectivity index (χ0) is 25.2. The van der Waals surface area contributed by atoms with Crippen molar-refractivity contribution < 1.29 is 14.3 Å². The average Bonchev–Trinajstić information content (AvgIpc) is 3.23. The maximum atomic E-state index is 14.7. The molecule has 0 radical (unpaired) electrons. The van der Waals surface area contributed by atoms with Crippen LogP contribution in [0.5, 0.6) is 0 Å². The van der Waals surface area contributed by atoms with Crippen molar-refractivity contribution >= 4 is 34.1 Å². The van der Waals surface area contributed by atoms with E-state index in [0.717, 1.165) is 58.7 Å². The number of carbonyl (C=O) groups is 1. The number of nitrogens with one attached hydrogen (secondary N) is 1. The highest BCUT2D eigenvalue weighted by Gasteiger charge is 2.29. The standard InChI is InChI=1S/C30H24FN3O2/c1-18-5-2-3-8-22(18)27(20-6-4-7-20)28(21-12-9-19(10-13-21)11-16-26(35)36)23-14-15-25-29(24(23)17-32)30(31)34-33-25/h2-3,5,8-16,20H,4,6-7H2,1H3,(H,33,34)(H,35,36). The van der Waals surface area contributed by atoms with Gasteiger partial charge in [-0.25, -0.2) is 4.79 Å². The van der Waals surface area contributed by atoms with Crippen LogP contribution in [0.2, 0.25) is 0 Å². The molecule has 1 aliphatic carbocycles. The number of hydrogen-bond donors (Lipinski definition) is 2. The molecule has 0 unspecified atom stereocenters. The first-order chi connectivity index (χ1) is 17.5. The van der Waals surface area contributed by atoms with Gasteiger partial charge in [-0.3, -0.25) is 5.10 Å². The van der Waals surface area contributed by atoms with Gasteiger partial charge in [0.05, 0.1) is 16.5 Å². The van der Waals surface area contributed by atoms with E-state index in [2.05, 4.69) is 35.3 Å². The molecule has 5 rings (SSSR count). The van der Waals surface area contributed by atoms with Gasteiger partial charge in [0.2, 0.25) is 5.95 Å². The molecule has 1 aliphatic rings. The number of hydrogen-bond acceptors (Lipinski definition) is 3. The quantitative estimate of drug-likeness (QED) is 0.238. The van der Waals surface area contributed by atoms with Gasteiger partial charge < -0.3 is 5.11 Å². The number of nitrogens with zero attached hydrogens (tertiary/aromatic N) is 2. The minimum absolute atomic E-state index is 0.186. The number of carboxylic acids is 1. The second-order valence-electron chi connectivity index (χ2n) is 9.06. The molecule has 4 aromatic rings. The molecule has 1 heterocycles. The van der Waals surface area contributed by atoms with Crippen LogP contribution in [0.15, 0.2) is 66.7 Å². The largest absolute Gasteiger partial charge is 0.478 e. The zero-order valence-electron chi connectivity index (χ0n) is 19.8. The van der Waals surface area contributed by atoms with E-state index in [9.17, 15) is 14.4 Å². The first-order valence-corrected chi connectivity index (χ1v) is 11.9. The fourth-order valence-electron chi connectivity index (χ4n) is 4.91. The van der Waals surface area contributed by atoms with Crippen molar-refractivity contribution in [2.45, 2.75) is 26.2 Å². The Morgan fingerprint density at radius 1 is 1.11 bits per heavy atom. The zero-order valence-corrected chi connectivity index (χ0v) is 19.8. The highest BCUT2D eigenvalue weighted by Crippen LogP contribution is 2.47. The predicted molar refractivity (Wildman–Crippen MR) is 138 cm³/mol. The Bertz CT molecular complexity index is 1570. The minimum atomic E-state index is -1.01. The molecule has 0 aliphatic heterocycles. The lowest BCUT2D eigenvalue weighted by molar-refractivity contribution is -0.131. The van der Waals surface area contributed by atoms with Crippen molar-refractivity contribution in [3.05, 3.63) is 106 Å². The van der Waals surface area contributed by atoms with Crippen LogP contribution in [-0.2, 0) is 4.79 Å². The van der Waals surface area contributed by atoms with Crippen molar-refractivity contribution in [1.29, 1.82) is 5.26 Å². The van der Waals surface area contributed by atoms with Gasteiger partial charge in [0.15, 0.2) is 0 Å². The molecule has 36 heavy (non-hydrogen) atoms. The molecule has 0 saturated heterocycles. The summed E-state index contributed by atoms with van der Waals surface area (Å²) in [6, 6.07) is 21.6. The molecule has 0 atom stereocenters. The second-order valence-corrected chi connectivity index (χ2v) is 9.06. The number of benzene rings is 3. The van der Waals surface area contributed by atoms with Crippen LogP contribution in [0.1, 0.15) is 52.6 Å². The summed E-state index contributed by atoms with van der Waals surface area (Å²) in [6.45, 7) is 2.08. The Morgan fingerprint density at radius 3 is 2.50 bits per heavy atom. The van der Waals surface area contributed by atoms with Gasteiger partial charge in [0.1, 0.15) is 6.07 Å². The molecule has 2 N–H and O–H groups in total. The van der Waals surface area contributed by atoms with Gasteiger partial charge in [0, 0.05) is 11.6 Å². The van der Waals surface area contributed by atoms with E-state index >= 15 is 0 Å². The smallest absolute Gasteiger partial charge is 0.328 e. The third-order valence-electron chi connectivity index (χ3n) is 6.89. The topological polar surface area (TPSA) is 89.8 Å². The van der Waals surface area contributed by atoms with E-state index in [1.807, 2.05) is 42.5 Å². The highest BCUT2D eigenvalue weighted by molar-refractivity contribution is 6.04. The number of H-pyrrole nitrogens is 1. The summed E-state index contributed by atoms with van der Waals surface area (Å²) in [5.41, 5.74) is 7.22. The monoisotopic (exact) mass is 477 g/mol. The van der Waals surface area contributed by atoms with Gasteiger partial charge >= 0.3 is 5.97 Å². The third kappa shape index (κ3) is 4.20. The number of aliphatic carboxylic acids is 1. The van der Waals surface area contributed by atoms with Gasteiger partial charge in [-0.05, 0) is 71.2 Å². The van der Waals surface area contributed by atoms with E-state index in [1.54, 1.807) is 6.07 Å². The Hall–Kier alpha value is -4.50. The lowest BCUT2D eigenvalue weighted by atomic mass is 9.72. The molecule has 1 aromatic heterocycles. The molecule has 1 fully saturated rings. The predicted octanol–water partition coefficient (Wildman–Crippen LogP) is 6.74. The van der Waals surface area contributed by atoms with E-state index in [-0.39, 0.29) is 10.9 Å². The minimum Gasteiger partial charge on any atom is -0.478 e. The van der Waals surface area contributed by atoms with Crippen LogP contribution in [0.25, 0.3) is 28.1 Å². The first-order valence-electron chi connectivity index (χ1n) is 11.9. The Balaban J connectivity index is 1.83. The van der Waals surface area contributed by atoms with Crippen molar-refractivity contribution in [3.63, 3.8) is 0 Å². The van der Waals surface area contributed by atoms with Gasteiger partial charge in [-0.2, -0.15) is 14.8 Å². The van der Waals surface area contributed by atoms with Gasteiger partial charge in [-0.1, -0.05) is 61.0 Å². The Morgan fingerprint density at radius 2 is 1.86 bits per heavy atom. The van der Waals surface area contributed by atoms with E-state index in [4.69, 9.17) is 5.11 Å². The SMILES string of the molecule is Cc1ccccc1C(=C(c1ccc(C=CC(=O)O)cc1)c1ccc2n[nH]c(F)c2c1C#N)C1CCC1. The molecule has 6 heteroatoms. The fourth-order valence-corrected chi connectivity index (χ4v) is 4.91. The number of carboxylic acid groups (broad SMARTS) is 1. The molecule has 0 amide bonds. The molecule has 0 spiro atoms. The number of nitriles is 1. The van der Waals surface area contributed by atoms with Crippen molar-refractivity contribution in [2.75, 3.05) is 0 Å². The molecule has 3 aromatic carbocycles. The average molecular weight is 478 g/mol. The molecule has 178 valence electrons. The van der Waals surface area contributed by atoms with Crippen LogP contribution in [0, 0.1) is 30.1 Å². The van der Waals surface area contributed by atoms with E-state index < -0.39 is 11.9 Å². The molecular formula is C30H24FN3O2. The summed E-state index contributed by atoms with van der Waals surface area (Å²) in [7, 11) is 0. The number of aryl methyl sites for hydroxylation is 1. The lowest BCUT2D eigenvalue weighted by Crippen LogP contribution is -2.16. The van der Waals surface area contributed by atoms with E-state index in [1.165, 1.54) is 6.08 Å². The number of rotatable bonds is 6. The number of allylic oxidation sites excluding steroid dienone is 1. The summed E-state index contributed by atoms with van der Waals surface area (Å²) in [4.78, 5) is 10.9. The van der Waals surface area contributed by atoms with Gasteiger partial charge in [-0.15, -0.1) is 0 Å². The van der Waals surface area contributed by atoms with Crippen molar-refractivity contribution in [2.24, 2.45) is 5.92 Å². The molecule has 5 nitrogen and oxygen atoms in total. The number of halogens is 1. The highest BCUT2D eigenvalue weighted by atomic mass is 19.1. The summed E-state index contributed by atoms with van der Waals surface area (Å²) < 4.78 is 14.7. The first kappa shape index (κ1) is 23.3. The van der Waals surface area contributed by atoms with Crippen molar-refractivity contribution in [3.8, 4) is 6.07 Å².